The van der Waals surface area contributed by atoms with Gasteiger partial charge < -0.3 is 0 Å². The summed E-state index contributed by atoms with van der Waals surface area (Å²) in [6, 6.07) is 2.20. The summed E-state index contributed by atoms with van der Waals surface area (Å²) < 4.78 is 3.42. The molecule has 76 valence electrons. The van der Waals surface area contributed by atoms with Crippen LogP contribution in [-0.2, 0) is 6.42 Å². The van der Waals surface area contributed by atoms with Crippen molar-refractivity contribution in [3.05, 3.63) is 30.6 Å². The van der Waals surface area contributed by atoms with E-state index in [4.69, 9.17) is 0 Å². The molecule has 2 rings (SSSR count). The maximum absolute atomic E-state index is 3.74. The second-order valence-electron chi connectivity index (χ2n) is 3.64. The molecule has 0 nitrogen and oxygen atoms in total. The molecule has 0 spiro atoms. The van der Waals surface area contributed by atoms with E-state index in [-0.39, 0.29) is 0 Å². The van der Waals surface area contributed by atoms with Crippen molar-refractivity contribution in [1.29, 1.82) is 0 Å². The molecule has 1 aromatic carbocycles. The van der Waals surface area contributed by atoms with Crippen LogP contribution in [0.3, 0.4) is 0 Å². The van der Waals surface area contributed by atoms with E-state index < -0.39 is 0 Å². The van der Waals surface area contributed by atoms with Crippen LogP contribution in [0.1, 0.15) is 22.9 Å². The molecule has 0 radical (unpaired) electrons. The number of hydrogen-bond acceptors (Lipinski definition) is 0. The number of hydrogen-bond donors (Lipinski definition) is 0. The van der Waals surface area contributed by atoms with Crippen molar-refractivity contribution in [2.24, 2.45) is 5.92 Å². The lowest BCUT2D eigenvalue weighted by Crippen LogP contribution is -1.93. The Morgan fingerprint density at radius 3 is 2.50 bits per heavy atom. The lowest BCUT2D eigenvalue weighted by molar-refractivity contribution is 0.622. The molecule has 0 N–H and O–H groups in total. The predicted octanol–water partition coefficient (Wildman–Crippen LogP) is 5.60. The summed E-state index contributed by atoms with van der Waals surface area (Å²) in [6.45, 7) is 2.27. The van der Waals surface area contributed by atoms with E-state index in [0.29, 0.717) is 10.7 Å². The third-order valence-corrected chi connectivity index (χ3v) is 7.40. The van der Waals surface area contributed by atoms with Crippen LogP contribution in [0.4, 0.5) is 0 Å². The zero-order chi connectivity index (χ0) is 10.5. The van der Waals surface area contributed by atoms with Crippen LogP contribution in [-0.4, -0.2) is 0 Å². The van der Waals surface area contributed by atoms with Gasteiger partial charge in [-0.15, -0.1) is 0 Å². The van der Waals surface area contributed by atoms with Crippen LogP contribution in [0, 0.1) is 5.92 Å². The second kappa shape index (κ2) is 4.19. The van der Waals surface area contributed by atoms with Gasteiger partial charge in [0.1, 0.15) is 0 Å². The van der Waals surface area contributed by atoms with Crippen molar-refractivity contribution in [2.75, 3.05) is 0 Å². The van der Waals surface area contributed by atoms with Gasteiger partial charge in [-0.2, -0.15) is 0 Å². The molecule has 0 aliphatic heterocycles. The molecule has 0 fully saturated rings. The summed E-state index contributed by atoms with van der Waals surface area (Å²) in [7, 11) is 0. The van der Waals surface area contributed by atoms with Crippen LogP contribution in [0.5, 0.6) is 0 Å². The van der Waals surface area contributed by atoms with Gasteiger partial charge in [0, 0.05) is 18.2 Å². The van der Waals surface area contributed by atoms with E-state index in [9.17, 15) is 0 Å². The van der Waals surface area contributed by atoms with Crippen molar-refractivity contribution < 1.29 is 0 Å². The highest BCUT2D eigenvalue weighted by atomic mass is 79.9. The normalized spacial score (nSPS) is 25.2. The van der Waals surface area contributed by atoms with E-state index >= 15 is 0 Å². The quantitative estimate of drug-likeness (QED) is 0.358. The number of fused-ring (bicyclic) bond motifs is 1. The van der Waals surface area contributed by atoms with Gasteiger partial charge >= 0.3 is 0 Å². The summed E-state index contributed by atoms with van der Waals surface area (Å²) in [6.07, 6.45) is 1.14. The molecule has 1 aromatic rings. The Bertz CT molecular complexity index is 386. The molecule has 14 heavy (non-hydrogen) atoms. The van der Waals surface area contributed by atoms with Gasteiger partial charge in [-0.3, -0.25) is 0 Å². The molecule has 0 bridgehead atoms. The number of alkyl halides is 1. The molecule has 2 unspecified atom stereocenters. The van der Waals surface area contributed by atoms with Crippen molar-refractivity contribution in [1.82, 2.24) is 0 Å². The molecule has 0 saturated carbocycles. The molecular weight excluding hydrogens is 440 g/mol. The highest BCUT2D eigenvalue weighted by molar-refractivity contribution is 9.14. The molecule has 2 atom stereocenters. The van der Waals surface area contributed by atoms with Crippen molar-refractivity contribution in [3.63, 3.8) is 0 Å². The van der Waals surface area contributed by atoms with Crippen LogP contribution >= 0.6 is 63.7 Å². The Morgan fingerprint density at radius 2 is 1.86 bits per heavy atom. The molecule has 1 aliphatic carbocycles. The zero-order valence-electron chi connectivity index (χ0n) is 7.45. The fourth-order valence-electron chi connectivity index (χ4n) is 1.84. The Hall–Kier alpha value is 1.14. The fraction of sp³-hybridized carbons (Fsp3) is 0.400. The molecule has 0 aromatic heterocycles. The monoisotopic (exact) mass is 444 g/mol. The SMILES string of the molecule is CC1Cc2c(cc(Br)c(Br)c2Br)C1Br. The van der Waals surface area contributed by atoms with Gasteiger partial charge in [0.25, 0.3) is 0 Å². The van der Waals surface area contributed by atoms with Crippen LogP contribution in [0.25, 0.3) is 0 Å². The molecule has 1 aliphatic rings. The number of halogens is 4. The summed E-state index contributed by atoms with van der Waals surface area (Å²) in [4.78, 5) is 0.484. The van der Waals surface area contributed by atoms with Gasteiger partial charge in [0.2, 0.25) is 0 Å². The number of benzene rings is 1. The first-order valence-corrected chi connectivity index (χ1v) is 7.62. The standard InChI is InChI=1S/C10H8Br4/c1-4-2-5-6(8(4)12)3-7(11)10(14)9(5)13/h3-4,8H,2H2,1H3. The lowest BCUT2D eigenvalue weighted by atomic mass is 10.1. The Morgan fingerprint density at radius 1 is 1.21 bits per heavy atom. The first kappa shape index (κ1) is 11.6. The van der Waals surface area contributed by atoms with Crippen LogP contribution in [0.15, 0.2) is 19.5 Å². The van der Waals surface area contributed by atoms with Crippen molar-refractivity contribution in [3.8, 4) is 0 Å². The van der Waals surface area contributed by atoms with Crippen molar-refractivity contribution >= 4 is 63.7 Å². The van der Waals surface area contributed by atoms with Gasteiger partial charge in [-0.05, 0) is 77.3 Å². The highest BCUT2D eigenvalue weighted by Gasteiger charge is 2.30. The topological polar surface area (TPSA) is 0 Å². The van der Waals surface area contributed by atoms with Crippen LogP contribution < -0.4 is 0 Å². The highest BCUT2D eigenvalue weighted by Crippen LogP contribution is 2.48. The Balaban J connectivity index is 2.64. The fourth-order valence-corrected chi connectivity index (χ4v) is 4.10. The van der Waals surface area contributed by atoms with E-state index in [1.807, 2.05) is 0 Å². The third-order valence-electron chi connectivity index (χ3n) is 2.62. The van der Waals surface area contributed by atoms with Gasteiger partial charge in [0.05, 0.1) is 0 Å². The maximum Gasteiger partial charge on any atom is 0.0462 e. The summed E-state index contributed by atoms with van der Waals surface area (Å²) in [5, 5.41) is 0. The Labute approximate surface area is 117 Å². The lowest BCUT2D eigenvalue weighted by Gasteiger charge is -2.09. The maximum atomic E-state index is 3.74. The average molecular weight is 448 g/mol. The molecule has 0 heterocycles. The minimum Gasteiger partial charge on any atom is -0.0836 e. The Kier molecular flexibility index (Phi) is 3.48. The smallest absolute Gasteiger partial charge is 0.0462 e. The second-order valence-corrected chi connectivity index (χ2v) is 7.06. The minimum absolute atomic E-state index is 0.484. The largest absolute Gasteiger partial charge is 0.0836 e. The van der Waals surface area contributed by atoms with Crippen LogP contribution in [0.2, 0.25) is 0 Å². The average Bonchev–Trinajstić information content (AvgIpc) is 2.42. The van der Waals surface area contributed by atoms with E-state index in [1.165, 1.54) is 15.6 Å². The molecule has 4 heteroatoms. The summed E-state index contributed by atoms with van der Waals surface area (Å²) >= 11 is 14.5. The molecule has 0 saturated heterocycles. The van der Waals surface area contributed by atoms with Gasteiger partial charge in [0.15, 0.2) is 0 Å². The summed E-state index contributed by atoms with van der Waals surface area (Å²) in [5.74, 6) is 0.669. The van der Waals surface area contributed by atoms with E-state index in [0.717, 1.165) is 15.4 Å². The third kappa shape index (κ3) is 1.76. The first-order chi connectivity index (χ1) is 6.52. The van der Waals surface area contributed by atoms with Gasteiger partial charge in [-0.25, -0.2) is 0 Å². The van der Waals surface area contributed by atoms with E-state index in [2.05, 4.69) is 76.7 Å². The van der Waals surface area contributed by atoms with Gasteiger partial charge in [-0.1, -0.05) is 22.9 Å². The van der Waals surface area contributed by atoms with E-state index in [1.54, 1.807) is 0 Å². The van der Waals surface area contributed by atoms with Crippen molar-refractivity contribution in [2.45, 2.75) is 18.2 Å². The first-order valence-electron chi connectivity index (χ1n) is 4.32. The molecule has 0 amide bonds. The molecular formula is C10H8Br4. The number of rotatable bonds is 0. The predicted molar refractivity (Wildman–Crippen MR) is 74.1 cm³/mol. The zero-order valence-corrected chi connectivity index (χ0v) is 13.8. The summed E-state index contributed by atoms with van der Waals surface area (Å²) in [5.41, 5.74) is 2.83. The minimum atomic E-state index is 0.484.